The Bertz CT molecular complexity index is 1150. The molecule has 2 aromatic carbocycles. The molecule has 1 fully saturated rings. The zero-order valence-electron chi connectivity index (χ0n) is 22.8. The Kier molecular flexibility index (Phi) is 11.0. The number of anilines is 1. The molecule has 0 saturated heterocycles. The van der Waals surface area contributed by atoms with Crippen molar-refractivity contribution < 1.29 is 22.7 Å². The second-order valence-electron chi connectivity index (χ2n) is 9.91. The van der Waals surface area contributed by atoms with E-state index in [1.54, 1.807) is 29.2 Å². The lowest BCUT2D eigenvalue weighted by molar-refractivity contribution is -0.141. The average Bonchev–Trinajstić information content (AvgIpc) is 2.91. The van der Waals surface area contributed by atoms with Crippen LogP contribution < -0.4 is 14.4 Å². The third kappa shape index (κ3) is 8.48. The third-order valence-corrected chi connectivity index (χ3v) is 8.22. The summed E-state index contributed by atoms with van der Waals surface area (Å²) in [7, 11) is -2.05. The van der Waals surface area contributed by atoms with E-state index in [0.717, 1.165) is 37.5 Å². The van der Waals surface area contributed by atoms with E-state index in [4.69, 9.17) is 4.74 Å². The lowest BCUT2D eigenvalue weighted by Crippen LogP contribution is -2.51. The van der Waals surface area contributed by atoms with Crippen molar-refractivity contribution in [2.45, 2.75) is 76.9 Å². The maximum atomic E-state index is 13.6. The molecule has 0 unspecified atom stereocenters. The molecule has 2 aromatic rings. The summed E-state index contributed by atoms with van der Waals surface area (Å²) in [5, 5.41) is 3.19. The molecule has 8 nitrogen and oxygen atoms in total. The number of carbonyl (C=O) groups is 2. The first kappa shape index (κ1) is 29.5. The largest absolute Gasteiger partial charge is 0.497 e. The van der Waals surface area contributed by atoms with Gasteiger partial charge in [0.05, 0.1) is 19.1 Å². The SMILES string of the molecule is CC[C@@H](C(=O)NC1CCCCC1)N(Cc1ccccc1)C(=O)CCCN(c1cccc(OC)c1)S(C)(=O)=O. The topological polar surface area (TPSA) is 96.0 Å². The molecule has 208 valence electrons. The van der Waals surface area contributed by atoms with E-state index >= 15 is 0 Å². The van der Waals surface area contributed by atoms with Crippen LogP contribution in [0.2, 0.25) is 0 Å². The maximum absolute atomic E-state index is 13.6. The highest BCUT2D eigenvalue weighted by molar-refractivity contribution is 7.92. The number of hydrogen-bond acceptors (Lipinski definition) is 5. The van der Waals surface area contributed by atoms with Crippen LogP contribution in [-0.2, 0) is 26.2 Å². The van der Waals surface area contributed by atoms with Crippen LogP contribution in [0.5, 0.6) is 5.75 Å². The van der Waals surface area contributed by atoms with E-state index in [1.807, 2.05) is 37.3 Å². The van der Waals surface area contributed by atoms with Crippen molar-refractivity contribution in [1.29, 1.82) is 0 Å². The van der Waals surface area contributed by atoms with Gasteiger partial charge in [0.1, 0.15) is 11.8 Å². The second kappa shape index (κ2) is 14.2. The van der Waals surface area contributed by atoms with Crippen molar-refractivity contribution in [1.82, 2.24) is 10.2 Å². The van der Waals surface area contributed by atoms with Crippen molar-refractivity contribution in [3.05, 3.63) is 60.2 Å². The number of sulfonamides is 1. The summed E-state index contributed by atoms with van der Waals surface area (Å²) in [6, 6.07) is 16.1. The normalized spacial score (nSPS) is 14.9. The number of amides is 2. The highest BCUT2D eigenvalue weighted by Crippen LogP contribution is 2.24. The predicted octanol–water partition coefficient (Wildman–Crippen LogP) is 4.50. The minimum atomic E-state index is -3.57. The summed E-state index contributed by atoms with van der Waals surface area (Å²) in [5.74, 6) is 0.271. The molecule has 0 heterocycles. The minimum Gasteiger partial charge on any atom is -0.497 e. The van der Waals surface area contributed by atoms with Gasteiger partial charge in [-0.2, -0.15) is 0 Å². The Morgan fingerprint density at radius 3 is 2.39 bits per heavy atom. The molecular weight excluding hydrogens is 502 g/mol. The summed E-state index contributed by atoms with van der Waals surface area (Å²) in [4.78, 5) is 28.6. The van der Waals surface area contributed by atoms with Crippen LogP contribution in [0, 0.1) is 0 Å². The van der Waals surface area contributed by atoms with Crippen LogP contribution in [0.15, 0.2) is 54.6 Å². The number of nitrogens with zero attached hydrogens (tertiary/aromatic N) is 2. The molecule has 1 N–H and O–H groups in total. The van der Waals surface area contributed by atoms with Crippen LogP contribution in [0.3, 0.4) is 0 Å². The molecule has 0 radical (unpaired) electrons. The van der Waals surface area contributed by atoms with Gasteiger partial charge in [0.2, 0.25) is 21.8 Å². The fraction of sp³-hybridized carbons (Fsp3) is 0.517. The highest BCUT2D eigenvalue weighted by atomic mass is 32.2. The van der Waals surface area contributed by atoms with Crippen LogP contribution in [-0.4, -0.2) is 57.1 Å². The predicted molar refractivity (Wildman–Crippen MR) is 151 cm³/mol. The number of rotatable bonds is 13. The molecule has 0 aliphatic heterocycles. The first-order valence-electron chi connectivity index (χ1n) is 13.5. The fourth-order valence-electron chi connectivity index (χ4n) is 5.01. The van der Waals surface area contributed by atoms with Crippen molar-refractivity contribution in [3.8, 4) is 5.75 Å². The number of ether oxygens (including phenoxy) is 1. The minimum absolute atomic E-state index is 0.113. The zero-order chi connectivity index (χ0) is 27.5. The second-order valence-corrected chi connectivity index (χ2v) is 11.8. The molecule has 0 bridgehead atoms. The molecule has 2 amide bonds. The van der Waals surface area contributed by atoms with Crippen molar-refractivity contribution in [3.63, 3.8) is 0 Å². The lowest BCUT2D eigenvalue weighted by atomic mass is 9.95. The lowest BCUT2D eigenvalue weighted by Gasteiger charge is -2.33. The maximum Gasteiger partial charge on any atom is 0.243 e. The Morgan fingerprint density at radius 1 is 1.05 bits per heavy atom. The standard InChI is InChI=1S/C29H41N3O5S/c1-4-27(29(34)30-24-15-9-6-10-16-24)31(22-23-13-7-5-8-14-23)28(33)19-12-20-32(38(3,35)36)25-17-11-18-26(21-25)37-2/h5,7-8,11,13-14,17-18,21,24,27H,4,6,9-10,12,15-16,19-20,22H2,1-3H3,(H,30,34)/t27-/m0/s1. The number of methoxy groups -OCH3 is 1. The van der Waals surface area contributed by atoms with Gasteiger partial charge in [-0.3, -0.25) is 13.9 Å². The summed E-state index contributed by atoms with van der Waals surface area (Å²) < 4.78 is 31.6. The van der Waals surface area contributed by atoms with Crippen LogP contribution in [0.25, 0.3) is 0 Å². The number of nitrogens with one attached hydrogen (secondary N) is 1. The van der Waals surface area contributed by atoms with E-state index in [0.29, 0.717) is 30.8 Å². The molecule has 3 rings (SSSR count). The van der Waals surface area contributed by atoms with Crippen LogP contribution in [0.1, 0.15) is 63.9 Å². The van der Waals surface area contributed by atoms with Gasteiger partial charge >= 0.3 is 0 Å². The Morgan fingerprint density at radius 2 is 1.76 bits per heavy atom. The first-order valence-corrected chi connectivity index (χ1v) is 15.3. The number of benzene rings is 2. The molecule has 9 heteroatoms. The zero-order valence-corrected chi connectivity index (χ0v) is 23.6. The molecule has 0 aromatic heterocycles. The van der Waals surface area contributed by atoms with E-state index in [1.165, 1.54) is 17.8 Å². The van der Waals surface area contributed by atoms with Gasteiger partial charge in [-0.25, -0.2) is 8.42 Å². The molecule has 38 heavy (non-hydrogen) atoms. The molecule has 1 atom stereocenters. The van der Waals surface area contributed by atoms with Gasteiger partial charge in [0.15, 0.2) is 0 Å². The molecule has 1 saturated carbocycles. The molecule has 0 spiro atoms. The van der Waals surface area contributed by atoms with Crippen molar-refractivity contribution in [2.24, 2.45) is 0 Å². The molecule has 1 aliphatic rings. The van der Waals surface area contributed by atoms with E-state index < -0.39 is 16.1 Å². The van der Waals surface area contributed by atoms with Gasteiger partial charge in [-0.1, -0.05) is 62.6 Å². The van der Waals surface area contributed by atoms with Gasteiger partial charge in [0.25, 0.3) is 0 Å². The smallest absolute Gasteiger partial charge is 0.243 e. The van der Waals surface area contributed by atoms with E-state index in [2.05, 4.69) is 5.32 Å². The van der Waals surface area contributed by atoms with Crippen molar-refractivity contribution >= 4 is 27.5 Å². The van der Waals surface area contributed by atoms with Crippen LogP contribution in [0.4, 0.5) is 5.69 Å². The average molecular weight is 544 g/mol. The summed E-state index contributed by atoms with van der Waals surface area (Å²) >= 11 is 0. The van der Waals surface area contributed by atoms with Crippen molar-refractivity contribution in [2.75, 3.05) is 24.2 Å². The Balaban J connectivity index is 1.73. The first-order chi connectivity index (χ1) is 18.2. The fourth-order valence-corrected chi connectivity index (χ4v) is 5.97. The molecule has 1 aliphatic carbocycles. The Labute approximate surface area is 227 Å². The van der Waals surface area contributed by atoms with Gasteiger partial charge in [-0.05, 0) is 43.4 Å². The number of carbonyl (C=O) groups excluding carboxylic acids is 2. The third-order valence-electron chi connectivity index (χ3n) is 7.03. The number of hydrogen-bond donors (Lipinski definition) is 1. The van der Waals surface area contributed by atoms with E-state index in [9.17, 15) is 18.0 Å². The quantitative estimate of drug-likeness (QED) is 0.401. The Hall–Kier alpha value is -3.07. The monoisotopic (exact) mass is 543 g/mol. The summed E-state index contributed by atoms with van der Waals surface area (Å²) in [6.07, 6.45) is 7.44. The summed E-state index contributed by atoms with van der Waals surface area (Å²) in [6.45, 7) is 2.38. The van der Waals surface area contributed by atoms with Crippen LogP contribution >= 0.6 is 0 Å². The van der Waals surface area contributed by atoms with Gasteiger partial charge < -0.3 is 15.0 Å². The van der Waals surface area contributed by atoms with Gasteiger partial charge in [0, 0.05) is 31.6 Å². The molecular formula is C29H41N3O5S. The highest BCUT2D eigenvalue weighted by Gasteiger charge is 2.30. The summed E-state index contributed by atoms with van der Waals surface area (Å²) in [5.41, 5.74) is 1.43. The van der Waals surface area contributed by atoms with E-state index in [-0.39, 0.29) is 30.8 Å². The van der Waals surface area contributed by atoms with Gasteiger partial charge in [-0.15, -0.1) is 0 Å².